The fourth-order valence-corrected chi connectivity index (χ4v) is 0.856. The standard InChI is InChI=1S/C5H6F3N5.ClH/c1-13-3(5(6,7)8)2(4(9)10)11-12-13;/h1H3,(H3,9,10);1H. The maximum absolute atomic E-state index is 12.2. The molecule has 1 aromatic heterocycles. The van der Waals surface area contributed by atoms with Crippen LogP contribution in [0.1, 0.15) is 11.4 Å². The Morgan fingerprint density at radius 3 is 2.29 bits per heavy atom. The molecule has 0 bridgehead atoms. The number of nitrogens with zero attached hydrogens (tertiary/aromatic N) is 3. The van der Waals surface area contributed by atoms with Gasteiger partial charge in [0.15, 0.2) is 11.4 Å². The summed E-state index contributed by atoms with van der Waals surface area (Å²) in [5.74, 6) is -0.750. The lowest BCUT2D eigenvalue weighted by Gasteiger charge is -2.06. The van der Waals surface area contributed by atoms with Crippen molar-refractivity contribution in [3.05, 3.63) is 11.4 Å². The zero-order valence-electron chi connectivity index (χ0n) is 6.96. The number of hydrogen-bond donors (Lipinski definition) is 2. The van der Waals surface area contributed by atoms with E-state index < -0.39 is 23.4 Å². The van der Waals surface area contributed by atoms with Crippen molar-refractivity contribution in [2.24, 2.45) is 12.8 Å². The third-order valence-electron chi connectivity index (χ3n) is 1.35. The van der Waals surface area contributed by atoms with E-state index in [9.17, 15) is 13.2 Å². The van der Waals surface area contributed by atoms with Gasteiger partial charge in [-0.3, -0.25) is 5.41 Å². The van der Waals surface area contributed by atoms with Gasteiger partial charge in [-0.15, -0.1) is 17.5 Å². The number of halogens is 4. The van der Waals surface area contributed by atoms with Crippen molar-refractivity contribution in [3.8, 4) is 0 Å². The summed E-state index contributed by atoms with van der Waals surface area (Å²) in [6.07, 6.45) is -4.60. The Hall–Kier alpha value is -1.31. The highest BCUT2D eigenvalue weighted by atomic mass is 35.5. The minimum atomic E-state index is -4.60. The number of hydrogen-bond acceptors (Lipinski definition) is 3. The summed E-state index contributed by atoms with van der Waals surface area (Å²) < 4.78 is 37.3. The van der Waals surface area contributed by atoms with Crippen molar-refractivity contribution in [1.29, 1.82) is 5.41 Å². The Bertz CT molecular complexity index is 344. The van der Waals surface area contributed by atoms with Crippen LogP contribution in [-0.2, 0) is 13.2 Å². The number of aryl methyl sites for hydroxylation is 1. The summed E-state index contributed by atoms with van der Waals surface area (Å²) in [6.45, 7) is 0. The summed E-state index contributed by atoms with van der Waals surface area (Å²) in [5.41, 5.74) is 3.14. The first kappa shape index (κ1) is 12.7. The van der Waals surface area contributed by atoms with Gasteiger partial charge in [-0.25, -0.2) is 4.68 Å². The molecule has 0 amide bonds. The van der Waals surface area contributed by atoms with E-state index in [4.69, 9.17) is 11.1 Å². The van der Waals surface area contributed by atoms with Crippen LogP contribution in [0.4, 0.5) is 13.2 Å². The first-order valence-corrected chi connectivity index (χ1v) is 3.15. The largest absolute Gasteiger partial charge is 0.435 e. The molecule has 0 radical (unpaired) electrons. The van der Waals surface area contributed by atoms with Gasteiger partial charge in [0.1, 0.15) is 5.84 Å². The number of aromatic nitrogens is 3. The molecular formula is C5H7ClF3N5. The summed E-state index contributed by atoms with van der Waals surface area (Å²) in [7, 11) is 1.09. The lowest BCUT2D eigenvalue weighted by atomic mass is 10.3. The Morgan fingerprint density at radius 1 is 1.50 bits per heavy atom. The molecule has 5 nitrogen and oxygen atoms in total. The topological polar surface area (TPSA) is 80.6 Å². The van der Waals surface area contributed by atoms with Crippen molar-refractivity contribution in [3.63, 3.8) is 0 Å². The highest BCUT2D eigenvalue weighted by Crippen LogP contribution is 2.30. The zero-order chi connectivity index (χ0) is 10.2. The van der Waals surface area contributed by atoms with Crippen LogP contribution in [0.15, 0.2) is 0 Å². The highest BCUT2D eigenvalue weighted by molar-refractivity contribution is 5.94. The van der Waals surface area contributed by atoms with E-state index in [-0.39, 0.29) is 12.4 Å². The molecule has 0 aromatic carbocycles. The number of alkyl halides is 3. The molecule has 0 spiro atoms. The van der Waals surface area contributed by atoms with Crippen molar-refractivity contribution in [1.82, 2.24) is 15.0 Å². The van der Waals surface area contributed by atoms with Gasteiger partial charge in [0.05, 0.1) is 0 Å². The van der Waals surface area contributed by atoms with Crippen LogP contribution in [0.3, 0.4) is 0 Å². The second kappa shape index (κ2) is 3.82. The monoisotopic (exact) mass is 229 g/mol. The van der Waals surface area contributed by atoms with Gasteiger partial charge < -0.3 is 5.73 Å². The molecule has 1 heterocycles. The molecule has 0 atom stereocenters. The van der Waals surface area contributed by atoms with E-state index in [0.717, 1.165) is 7.05 Å². The van der Waals surface area contributed by atoms with Gasteiger partial charge in [0.2, 0.25) is 0 Å². The number of nitrogens with two attached hydrogens (primary N) is 1. The fourth-order valence-electron chi connectivity index (χ4n) is 0.856. The maximum Gasteiger partial charge on any atom is 0.435 e. The Kier molecular flexibility index (Phi) is 3.47. The predicted octanol–water partition coefficient (Wildman–Crippen LogP) is 0.540. The normalized spacial score (nSPS) is 10.9. The lowest BCUT2D eigenvalue weighted by Crippen LogP contribution is -2.20. The Morgan fingerprint density at radius 2 is 2.00 bits per heavy atom. The molecule has 0 aliphatic heterocycles. The second-order valence-electron chi connectivity index (χ2n) is 2.32. The maximum atomic E-state index is 12.2. The number of amidine groups is 1. The molecule has 1 rings (SSSR count). The quantitative estimate of drug-likeness (QED) is 0.545. The molecule has 9 heteroatoms. The minimum absolute atomic E-state index is 0. The van der Waals surface area contributed by atoms with Gasteiger partial charge in [0, 0.05) is 7.05 Å². The molecule has 0 aliphatic carbocycles. The number of rotatable bonds is 1. The van der Waals surface area contributed by atoms with E-state index in [0.29, 0.717) is 4.68 Å². The van der Waals surface area contributed by atoms with E-state index in [1.807, 2.05) is 0 Å². The molecular weight excluding hydrogens is 223 g/mol. The van der Waals surface area contributed by atoms with E-state index in [1.165, 1.54) is 0 Å². The Balaban J connectivity index is 0.00000169. The third-order valence-corrected chi connectivity index (χ3v) is 1.35. The van der Waals surface area contributed by atoms with Crippen LogP contribution in [0, 0.1) is 5.41 Å². The molecule has 0 unspecified atom stereocenters. The van der Waals surface area contributed by atoms with Crippen LogP contribution in [0.5, 0.6) is 0 Å². The SMILES string of the molecule is Cl.Cn1nnc(C(=N)N)c1C(F)(F)F. The van der Waals surface area contributed by atoms with Crippen LogP contribution in [-0.4, -0.2) is 20.8 Å². The Labute approximate surface area is 83.0 Å². The summed E-state index contributed by atoms with van der Waals surface area (Å²) in [4.78, 5) is 0. The van der Waals surface area contributed by atoms with E-state index in [2.05, 4.69) is 10.3 Å². The highest BCUT2D eigenvalue weighted by Gasteiger charge is 2.39. The van der Waals surface area contributed by atoms with Crippen LogP contribution < -0.4 is 5.73 Å². The van der Waals surface area contributed by atoms with Crippen molar-refractivity contribution >= 4 is 18.2 Å². The lowest BCUT2D eigenvalue weighted by molar-refractivity contribution is -0.143. The van der Waals surface area contributed by atoms with Gasteiger partial charge in [0.25, 0.3) is 0 Å². The van der Waals surface area contributed by atoms with Crippen LogP contribution in [0.25, 0.3) is 0 Å². The molecule has 80 valence electrons. The van der Waals surface area contributed by atoms with Gasteiger partial charge >= 0.3 is 6.18 Å². The second-order valence-corrected chi connectivity index (χ2v) is 2.32. The molecule has 3 N–H and O–H groups in total. The third kappa shape index (κ3) is 2.13. The van der Waals surface area contributed by atoms with Crippen LogP contribution in [0.2, 0.25) is 0 Å². The average molecular weight is 230 g/mol. The van der Waals surface area contributed by atoms with E-state index in [1.54, 1.807) is 0 Å². The average Bonchev–Trinajstić information content (AvgIpc) is 2.28. The van der Waals surface area contributed by atoms with Crippen molar-refractivity contribution in [2.45, 2.75) is 6.18 Å². The first-order chi connectivity index (χ1) is 5.84. The number of nitrogen functional groups attached to an aromatic ring is 1. The van der Waals surface area contributed by atoms with E-state index >= 15 is 0 Å². The van der Waals surface area contributed by atoms with Crippen molar-refractivity contribution < 1.29 is 13.2 Å². The molecule has 14 heavy (non-hydrogen) atoms. The van der Waals surface area contributed by atoms with Crippen molar-refractivity contribution in [2.75, 3.05) is 0 Å². The first-order valence-electron chi connectivity index (χ1n) is 3.15. The fraction of sp³-hybridized carbons (Fsp3) is 0.400. The molecule has 0 aliphatic rings. The van der Waals surface area contributed by atoms with Gasteiger partial charge in [-0.1, -0.05) is 5.21 Å². The molecule has 0 saturated carbocycles. The molecule has 0 saturated heterocycles. The van der Waals surface area contributed by atoms with Gasteiger partial charge in [-0.2, -0.15) is 13.2 Å². The smallest absolute Gasteiger partial charge is 0.382 e. The number of nitrogens with one attached hydrogen (secondary N) is 1. The minimum Gasteiger partial charge on any atom is -0.382 e. The van der Waals surface area contributed by atoms with Crippen LogP contribution >= 0.6 is 12.4 Å². The summed E-state index contributed by atoms with van der Waals surface area (Å²) in [6, 6.07) is 0. The summed E-state index contributed by atoms with van der Waals surface area (Å²) in [5, 5.41) is 13.1. The zero-order valence-corrected chi connectivity index (χ0v) is 7.78. The summed E-state index contributed by atoms with van der Waals surface area (Å²) >= 11 is 0. The molecule has 0 fully saturated rings. The molecule has 1 aromatic rings. The van der Waals surface area contributed by atoms with Gasteiger partial charge in [-0.05, 0) is 0 Å². The predicted molar refractivity (Wildman–Crippen MR) is 44.3 cm³/mol.